The first kappa shape index (κ1) is 24.2. The highest BCUT2D eigenvalue weighted by Crippen LogP contribution is 2.39. The first-order valence-electron chi connectivity index (χ1n) is 11.0. The van der Waals surface area contributed by atoms with Crippen molar-refractivity contribution < 1.29 is 9.59 Å². The number of benzene rings is 1. The van der Waals surface area contributed by atoms with E-state index in [0.717, 1.165) is 44.5 Å². The highest BCUT2D eigenvalue weighted by molar-refractivity contribution is 5.92. The highest BCUT2D eigenvalue weighted by Gasteiger charge is 2.27. The Morgan fingerprint density at radius 1 is 0.929 bits per heavy atom. The molecule has 4 rings (SSSR count). The molecule has 2 amide bonds. The first-order chi connectivity index (χ1) is 13.7. The number of nitrogens with two attached hydrogens (primary N) is 1. The van der Waals surface area contributed by atoms with E-state index in [4.69, 9.17) is 5.73 Å². The molecule has 0 aromatic heterocycles. The van der Waals surface area contributed by atoms with Crippen LogP contribution in [0.3, 0.4) is 0 Å². The van der Waals surface area contributed by atoms with Crippen molar-refractivity contribution in [1.29, 1.82) is 0 Å². The molecule has 2 N–H and O–H groups in total. The smallest absolute Gasteiger partial charge is 0.248 e. The number of amides is 2. The molecule has 5 nitrogen and oxygen atoms in total. The van der Waals surface area contributed by atoms with Gasteiger partial charge in [-0.1, -0.05) is 46.2 Å². The zero-order valence-corrected chi connectivity index (χ0v) is 18.2. The van der Waals surface area contributed by atoms with Crippen molar-refractivity contribution in [3.63, 3.8) is 0 Å². The maximum Gasteiger partial charge on any atom is 0.248 e. The van der Waals surface area contributed by atoms with Gasteiger partial charge in [-0.25, -0.2) is 0 Å². The van der Waals surface area contributed by atoms with Crippen LogP contribution in [0.4, 0.5) is 0 Å². The molecule has 28 heavy (non-hydrogen) atoms. The van der Waals surface area contributed by atoms with E-state index < -0.39 is 0 Å². The van der Waals surface area contributed by atoms with Gasteiger partial charge in [-0.2, -0.15) is 0 Å². The summed E-state index contributed by atoms with van der Waals surface area (Å²) in [6.45, 7) is 12.0. The number of primary amides is 1. The molecule has 2 aliphatic carbocycles. The van der Waals surface area contributed by atoms with Crippen LogP contribution in [-0.2, 0) is 4.79 Å². The summed E-state index contributed by atoms with van der Waals surface area (Å²) < 4.78 is 0. The van der Waals surface area contributed by atoms with Crippen LogP contribution < -0.4 is 5.73 Å². The van der Waals surface area contributed by atoms with Gasteiger partial charge in [0.15, 0.2) is 0 Å². The molecule has 0 unspecified atom stereocenters. The molecular weight excluding hydrogens is 350 g/mol. The number of hydrogen-bond acceptors (Lipinski definition) is 3. The number of hydrogen-bond donors (Lipinski definition) is 1. The van der Waals surface area contributed by atoms with E-state index in [1.54, 1.807) is 12.1 Å². The van der Waals surface area contributed by atoms with Gasteiger partial charge >= 0.3 is 0 Å². The summed E-state index contributed by atoms with van der Waals surface area (Å²) in [7, 11) is 0. The number of nitrogens with zero attached hydrogens (tertiary/aromatic N) is 2. The maximum absolute atomic E-state index is 10.7. The van der Waals surface area contributed by atoms with Crippen LogP contribution >= 0.6 is 0 Å². The number of rotatable bonds is 4. The summed E-state index contributed by atoms with van der Waals surface area (Å²) in [6.07, 6.45) is 7.70. The van der Waals surface area contributed by atoms with Gasteiger partial charge in [-0.05, 0) is 49.3 Å². The Morgan fingerprint density at radius 3 is 1.82 bits per heavy atom. The summed E-state index contributed by atoms with van der Waals surface area (Å²) in [6, 6.07) is 8.44. The van der Waals surface area contributed by atoms with Crippen LogP contribution in [0.1, 0.15) is 81.6 Å². The summed E-state index contributed by atoms with van der Waals surface area (Å²) in [5, 5.41) is 0. The quantitative estimate of drug-likeness (QED) is 0.791. The molecule has 3 aliphatic rings. The zero-order chi connectivity index (χ0) is 20.9. The van der Waals surface area contributed by atoms with Gasteiger partial charge in [0.05, 0.1) is 0 Å². The highest BCUT2D eigenvalue weighted by atomic mass is 16.1. The van der Waals surface area contributed by atoms with Crippen LogP contribution in [0.5, 0.6) is 0 Å². The zero-order valence-electron chi connectivity index (χ0n) is 18.2. The van der Waals surface area contributed by atoms with Crippen molar-refractivity contribution in [3.05, 3.63) is 35.4 Å². The predicted molar refractivity (Wildman–Crippen MR) is 116 cm³/mol. The Kier molecular flexibility index (Phi) is 11.5. The van der Waals surface area contributed by atoms with Gasteiger partial charge < -0.3 is 10.6 Å². The fourth-order valence-electron chi connectivity index (χ4n) is 3.30. The molecule has 1 aromatic carbocycles. The van der Waals surface area contributed by atoms with E-state index in [-0.39, 0.29) is 5.91 Å². The van der Waals surface area contributed by atoms with Gasteiger partial charge in [0.1, 0.15) is 0 Å². The van der Waals surface area contributed by atoms with E-state index in [2.05, 4.69) is 4.90 Å². The molecule has 158 valence electrons. The molecule has 1 aromatic rings. The Hall–Kier alpha value is -1.88. The summed E-state index contributed by atoms with van der Waals surface area (Å²) in [4.78, 5) is 25.5. The second-order valence-corrected chi connectivity index (χ2v) is 7.02. The normalized spacial score (nSPS) is 18.8. The third-order valence-corrected chi connectivity index (χ3v) is 5.33. The lowest BCUT2D eigenvalue weighted by atomic mass is 9.91. The molecule has 0 spiro atoms. The Labute approximate surface area is 171 Å². The molecule has 0 radical (unpaired) electrons. The van der Waals surface area contributed by atoms with Crippen LogP contribution in [0, 0.1) is 0 Å². The van der Waals surface area contributed by atoms with E-state index >= 15 is 0 Å². The van der Waals surface area contributed by atoms with Crippen molar-refractivity contribution in [2.24, 2.45) is 5.73 Å². The maximum atomic E-state index is 10.7. The van der Waals surface area contributed by atoms with E-state index in [0.29, 0.717) is 5.56 Å². The number of carbonyl (C=O) groups is 2. The Balaban J connectivity index is 0.000000238. The van der Waals surface area contributed by atoms with Crippen molar-refractivity contribution in [1.82, 2.24) is 9.80 Å². The van der Waals surface area contributed by atoms with E-state index in [1.807, 2.05) is 44.7 Å². The van der Waals surface area contributed by atoms with Crippen molar-refractivity contribution >= 4 is 12.3 Å². The van der Waals surface area contributed by atoms with Crippen LogP contribution in [0.15, 0.2) is 24.3 Å². The lowest BCUT2D eigenvalue weighted by Crippen LogP contribution is -2.51. The molecule has 3 fully saturated rings. The molecule has 1 saturated heterocycles. The lowest BCUT2D eigenvalue weighted by molar-refractivity contribution is -0.120. The summed E-state index contributed by atoms with van der Waals surface area (Å²) in [5.74, 6) is 0.393. The molecule has 1 heterocycles. The minimum absolute atomic E-state index is 0.350. The SMILES string of the molecule is CC.CC.NC(=O)c1ccc(C2CC2)cc1.O=CN1CCN(C2CCC2)CC1. The van der Waals surface area contributed by atoms with Crippen molar-refractivity contribution in [2.45, 2.75) is 71.8 Å². The van der Waals surface area contributed by atoms with Gasteiger partial charge in [-0.3, -0.25) is 14.5 Å². The third-order valence-electron chi connectivity index (χ3n) is 5.33. The fraction of sp³-hybridized carbons (Fsp3) is 0.652. The monoisotopic (exact) mass is 389 g/mol. The Bertz CT molecular complexity index is 558. The average molecular weight is 390 g/mol. The average Bonchev–Trinajstić information content (AvgIpc) is 3.56. The minimum atomic E-state index is -0.350. The van der Waals surface area contributed by atoms with E-state index in [1.165, 1.54) is 37.7 Å². The number of carbonyl (C=O) groups excluding carboxylic acids is 2. The number of piperazine rings is 1. The topological polar surface area (TPSA) is 66.6 Å². The molecule has 1 aliphatic heterocycles. The molecule has 5 heteroatoms. The molecule has 0 atom stereocenters. The van der Waals surface area contributed by atoms with Gasteiger partial charge in [0, 0.05) is 37.8 Å². The lowest BCUT2D eigenvalue weighted by Gasteiger charge is -2.42. The fourth-order valence-corrected chi connectivity index (χ4v) is 3.30. The van der Waals surface area contributed by atoms with Gasteiger partial charge in [0.2, 0.25) is 12.3 Å². The standard InChI is InChI=1S/C10H11NO.C9H16N2O.2C2H6/c11-10(12)9-5-3-8(4-6-9)7-1-2-7;12-8-10-4-6-11(7-5-10)9-2-1-3-9;2*1-2/h3-7H,1-2H2,(H2,11,12);8-9H,1-7H2;2*1-2H3. The van der Waals surface area contributed by atoms with Crippen LogP contribution in [-0.4, -0.2) is 54.3 Å². The van der Waals surface area contributed by atoms with Crippen molar-refractivity contribution in [3.8, 4) is 0 Å². The second kappa shape index (κ2) is 13.3. The molecule has 2 saturated carbocycles. The van der Waals surface area contributed by atoms with E-state index in [9.17, 15) is 9.59 Å². The van der Waals surface area contributed by atoms with Crippen LogP contribution in [0.25, 0.3) is 0 Å². The largest absolute Gasteiger partial charge is 0.366 e. The second-order valence-electron chi connectivity index (χ2n) is 7.02. The summed E-state index contributed by atoms with van der Waals surface area (Å²) in [5.41, 5.74) is 7.05. The van der Waals surface area contributed by atoms with Crippen LogP contribution in [0.2, 0.25) is 0 Å². The van der Waals surface area contributed by atoms with Gasteiger partial charge in [-0.15, -0.1) is 0 Å². The molecule has 0 bridgehead atoms. The minimum Gasteiger partial charge on any atom is -0.366 e. The summed E-state index contributed by atoms with van der Waals surface area (Å²) >= 11 is 0. The predicted octanol–water partition coefficient (Wildman–Crippen LogP) is 4.03. The Morgan fingerprint density at radius 2 is 1.46 bits per heavy atom. The van der Waals surface area contributed by atoms with Crippen molar-refractivity contribution in [2.75, 3.05) is 26.2 Å². The molecular formula is C23H39N3O2. The third kappa shape index (κ3) is 7.63. The first-order valence-corrected chi connectivity index (χ1v) is 11.0. The van der Waals surface area contributed by atoms with Gasteiger partial charge in [0.25, 0.3) is 0 Å².